The van der Waals surface area contributed by atoms with Gasteiger partial charge in [0.2, 0.25) is 0 Å². The van der Waals surface area contributed by atoms with Crippen LogP contribution in [0.5, 0.6) is 0 Å². The Labute approximate surface area is 108 Å². The number of nitrogens with two attached hydrogens (primary N) is 1. The van der Waals surface area contributed by atoms with E-state index in [-0.39, 0.29) is 6.04 Å². The Balaban J connectivity index is 2.54. The summed E-state index contributed by atoms with van der Waals surface area (Å²) in [5.41, 5.74) is 7.05. The van der Waals surface area contributed by atoms with Crippen molar-refractivity contribution in [1.82, 2.24) is 9.78 Å². The minimum Gasteiger partial charge on any atom is -0.381 e. The first-order valence-electron chi connectivity index (χ1n) is 6.25. The predicted molar refractivity (Wildman–Crippen MR) is 70.2 cm³/mol. The summed E-state index contributed by atoms with van der Waals surface area (Å²) in [7, 11) is 0. The molecule has 0 aliphatic heterocycles. The van der Waals surface area contributed by atoms with Crippen molar-refractivity contribution in [1.29, 1.82) is 0 Å². The van der Waals surface area contributed by atoms with Crippen LogP contribution in [0.15, 0.2) is 6.20 Å². The highest BCUT2D eigenvalue weighted by Crippen LogP contribution is 2.23. The molecule has 0 amide bonds. The molecule has 0 saturated carbocycles. The molecule has 5 heteroatoms. The number of hydrogen-bond donors (Lipinski definition) is 1. The number of nitrogens with zero attached hydrogens (tertiary/aromatic N) is 2. The van der Waals surface area contributed by atoms with Crippen molar-refractivity contribution in [2.45, 2.75) is 45.7 Å². The normalized spacial score (nSPS) is 12.9. The summed E-state index contributed by atoms with van der Waals surface area (Å²) in [4.78, 5) is 0. The third kappa shape index (κ3) is 4.30. The molecule has 0 aliphatic carbocycles. The SMILES string of the molecule is CCCOCCC(N)c1c(Cl)cnn1CCC. The topological polar surface area (TPSA) is 53.1 Å². The van der Waals surface area contributed by atoms with Gasteiger partial charge >= 0.3 is 0 Å². The van der Waals surface area contributed by atoms with Crippen LogP contribution in [-0.4, -0.2) is 23.0 Å². The van der Waals surface area contributed by atoms with E-state index in [1.807, 2.05) is 4.68 Å². The molecule has 0 aliphatic rings. The first-order chi connectivity index (χ1) is 8.20. The first-order valence-corrected chi connectivity index (χ1v) is 6.63. The highest BCUT2D eigenvalue weighted by molar-refractivity contribution is 6.31. The maximum absolute atomic E-state index is 6.13. The van der Waals surface area contributed by atoms with Gasteiger partial charge in [0.15, 0.2) is 0 Å². The zero-order valence-electron chi connectivity index (χ0n) is 10.7. The Bertz CT molecular complexity index is 328. The molecule has 1 rings (SSSR count). The van der Waals surface area contributed by atoms with Crippen LogP contribution in [0, 0.1) is 0 Å². The minimum absolute atomic E-state index is 0.103. The van der Waals surface area contributed by atoms with Gasteiger partial charge in [0.1, 0.15) is 0 Å². The summed E-state index contributed by atoms with van der Waals surface area (Å²) in [5, 5.41) is 4.89. The van der Waals surface area contributed by atoms with Gasteiger partial charge in [-0.15, -0.1) is 0 Å². The third-order valence-corrected chi connectivity index (χ3v) is 2.83. The first kappa shape index (κ1) is 14.5. The number of halogens is 1. The van der Waals surface area contributed by atoms with Crippen molar-refractivity contribution in [3.05, 3.63) is 16.9 Å². The summed E-state index contributed by atoms with van der Waals surface area (Å²) in [6, 6.07) is -0.103. The van der Waals surface area contributed by atoms with E-state index in [4.69, 9.17) is 22.1 Å². The summed E-state index contributed by atoms with van der Waals surface area (Å²) < 4.78 is 7.33. The van der Waals surface area contributed by atoms with Crippen LogP contribution in [0.3, 0.4) is 0 Å². The second-order valence-corrected chi connectivity index (χ2v) is 4.52. The van der Waals surface area contributed by atoms with E-state index in [0.29, 0.717) is 11.6 Å². The van der Waals surface area contributed by atoms with Crippen LogP contribution < -0.4 is 5.73 Å². The summed E-state index contributed by atoms with van der Waals surface area (Å²) >= 11 is 6.11. The molecule has 1 atom stereocenters. The van der Waals surface area contributed by atoms with E-state index in [1.54, 1.807) is 6.20 Å². The second kappa shape index (κ2) is 7.69. The van der Waals surface area contributed by atoms with Gasteiger partial charge in [-0.25, -0.2) is 0 Å². The quantitative estimate of drug-likeness (QED) is 0.731. The molecule has 4 nitrogen and oxygen atoms in total. The number of aryl methyl sites for hydroxylation is 1. The van der Waals surface area contributed by atoms with Crippen molar-refractivity contribution in [2.24, 2.45) is 5.73 Å². The summed E-state index contributed by atoms with van der Waals surface area (Å²) in [6.45, 7) is 6.51. The van der Waals surface area contributed by atoms with Gasteiger partial charge in [0.25, 0.3) is 0 Å². The fraction of sp³-hybridized carbons (Fsp3) is 0.750. The van der Waals surface area contributed by atoms with Gasteiger partial charge in [-0.05, 0) is 19.3 Å². The third-order valence-electron chi connectivity index (χ3n) is 2.54. The largest absolute Gasteiger partial charge is 0.381 e. The average Bonchev–Trinajstić information content (AvgIpc) is 2.66. The molecular formula is C12H22ClN3O. The highest BCUT2D eigenvalue weighted by atomic mass is 35.5. The fourth-order valence-electron chi connectivity index (χ4n) is 1.72. The van der Waals surface area contributed by atoms with E-state index < -0.39 is 0 Å². The predicted octanol–water partition coefficient (Wildman–Crippen LogP) is 2.76. The van der Waals surface area contributed by atoms with Crippen molar-refractivity contribution < 1.29 is 4.74 Å². The maximum Gasteiger partial charge on any atom is 0.0834 e. The fourth-order valence-corrected chi connectivity index (χ4v) is 2.01. The lowest BCUT2D eigenvalue weighted by molar-refractivity contribution is 0.127. The lowest BCUT2D eigenvalue weighted by Gasteiger charge is -2.14. The standard InChI is InChI=1S/C12H22ClN3O/c1-3-6-16-12(10(13)9-15-16)11(14)5-8-17-7-4-2/h9,11H,3-8,14H2,1-2H3. The van der Waals surface area contributed by atoms with Crippen LogP contribution in [0.2, 0.25) is 5.02 Å². The Morgan fingerprint density at radius 1 is 1.41 bits per heavy atom. The van der Waals surface area contributed by atoms with E-state index >= 15 is 0 Å². The molecule has 1 aromatic rings. The minimum atomic E-state index is -0.103. The van der Waals surface area contributed by atoms with Crippen molar-refractivity contribution in [3.63, 3.8) is 0 Å². The molecule has 17 heavy (non-hydrogen) atoms. The zero-order valence-corrected chi connectivity index (χ0v) is 11.4. The van der Waals surface area contributed by atoms with Crippen LogP contribution in [-0.2, 0) is 11.3 Å². The van der Waals surface area contributed by atoms with E-state index in [1.165, 1.54) is 0 Å². The lowest BCUT2D eigenvalue weighted by atomic mass is 10.1. The number of rotatable bonds is 8. The highest BCUT2D eigenvalue weighted by Gasteiger charge is 2.16. The van der Waals surface area contributed by atoms with Crippen LogP contribution in [0.25, 0.3) is 0 Å². The molecular weight excluding hydrogens is 238 g/mol. The van der Waals surface area contributed by atoms with E-state index in [0.717, 1.165) is 38.1 Å². The van der Waals surface area contributed by atoms with Crippen molar-refractivity contribution >= 4 is 11.6 Å². The molecule has 0 aromatic carbocycles. The second-order valence-electron chi connectivity index (χ2n) is 4.11. The number of hydrogen-bond acceptors (Lipinski definition) is 3. The van der Waals surface area contributed by atoms with Gasteiger partial charge in [-0.3, -0.25) is 4.68 Å². The monoisotopic (exact) mass is 259 g/mol. The van der Waals surface area contributed by atoms with Crippen LogP contribution >= 0.6 is 11.6 Å². The molecule has 0 fully saturated rings. The Morgan fingerprint density at radius 2 is 2.18 bits per heavy atom. The van der Waals surface area contributed by atoms with Gasteiger partial charge in [0, 0.05) is 19.8 Å². The smallest absolute Gasteiger partial charge is 0.0834 e. The molecule has 1 aromatic heterocycles. The van der Waals surface area contributed by atoms with Crippen molar-refractivity contribution in [3.8, 4) is 0 Å². The Kier molecular flexibility index (Phi) is 6.55. The average molecular weight is 260 g/mol. The molecule has 1 heterocycles. The van der Waals surface area contributed by atoms with Crippen LogP contribution in [0.4, 0.5) is 0 Å². The van der Waals surface area contributed by atoms with Crippen LogP contribution in [0.1, 0.15) is 44.8 Å². The van der Waals surface area contributed by atoms with Gasteiger partial charge in [-0.1, -0.05) is 25.4 Å². The molecule has 0 bridgehead atoms. The molecule has 98 valence electrons. The molecule has 0 radical (unpaired) electrons. The summed E-state index contributed by atoms with van der Waals surface area (Å²) in [6.07, 6.45) is 4.49. The van der Waals surface area contributed by atoms with E-state index in [9.17, 15) is 0 Å². The van der Waals surface area contributed by atoms with Gasteiger partial charge in [0.05, 0.1) is 23.0 Å². The van der Waals surface area contributed by atoms with Gasteiger partial charge in [-0.2, -0.15) is 5.10 Å². The zero-order chi connectivity index (χ0) is 12.7. The molecule has 0 saturated heterocycles. The Hall–Kier alpha value is -0.580. The van der Waals surface area contributed by atoms with Gasteiger partial charge < -0.3 is 10.5 Å². The molecule has 1 unspecified atom stereocenters. The Morgan fingerprint density at radius 3 is 2.82 bits per heavy atom. The number of aromatic nitrogens is 2. The number of ether oxygens (including phenoxy) is 1. The maximum atomic E-state index is 6.13. The molecule has 0 spiro atoms. The van der Waals surface area contributed by atoms with E-state index in [2.05, 4.69) is 18.9 Å². The summed E-state index contributed by atoms with van der Waals surface area (Å²) in [5.74, 6) is 0. The van der Waals surface area contributed by atoms with Crippen molar-refractivity contribution in [2.75, 3.05) is 13.2 Å². The lowest BCUT2D eigenvalue weighted by Crippen LogP contribution is -2.18. The molecule has 2 N–H and O–H groups in total.